The second-order valence-electron chi connectivity index (χ2n) is 24.9. The van der Waals surface area contributed by atoms with Gasteiger partial charge in [-0.05, 0) is 57.8 Å². The van der Waals surface area contributed by atoms with E-state index in [1.165, 1.54) is 340 Å². The van der Waals surface area contributed by atoms with Crippen molar-refractivity contribution in [3.63, 3.8) is 0 Å². The van der Waals surface area contributed by atoms with Crippen LogP contribution in [0.3, 0.4) is 0 Å². The first-order chi connectivity index (χ1) is 39.0. The maximum atomic E-state index is 12.5. The lowest BCUT2D eigenvalue weighted by molar-refractivity contribution is -0.143. The number of ether oxygens (including phenoxy) is 1. The van der Waals surface area contributed by atoms with E-state index in [9.17, 15) is 19.8 Å². The van der Waals surface area contributed by atoms with Crippen LogP contribution in [0.1, 0.15) is 406 Å². The lowest BCUT2D eigenvalue weighted by Crippen LogP contribution is -2.45. The highest BCUT2D eigenvalue weighted by Crippen LogP contribution is 2.19. The fourth-order valence-electron chi connectivity index (χ4n) is 11.5. The van der Waals surface area contributed by atoms with Crippen LogP contribution in [-0.2, 0) is 14.3 Å². The third kappa shape index (κ3) is 65.4. The van der Waals surface area contributed by atoms with Crippen LogP contribution in [0.15, 0.2) is 24.3 Å². The first kappa shape index (κ1) is 77.3. The van der Waals surface area contributed by atoms with E-state index in [1.807, 2.05) is 6.08 Å². The van der Waals surface area contributed by atoms with Crippen molar-refractivity contribution in [2.24, 2.45) is 0 Å². The number of nitrogens with one attached hydrogen (secondary N) is 1. The Labute approximate surface area is 494 Å². The summed E-state index contributed by atoms with van der Waals surface area (Å²) in [5.74, 6) is -0.0409. The molecule has 0 bridgehead atoms. The molecule has 0 heterocycles. The van der Waals surface area contributed by atoms with Crippen LogP contribution in [-0.4, -0.2) is 47.4 Å². The molecule has 2 unspecified atom stereocenters. The third-order valence-electron chi connectivity index (χ3n) is 17.0. The molecule has 0 aromatic carbocycles. The Balaban J connectivity index is 3.35. The Bertz CT molecular complexity index is 1230. The summed E-state index contributed by atoms with van der Waals surface area (Å²) in [5, 5.41) is 23.2. The zero-order chi connectivity index (χ0) is 57.1. The van der Waals surface area contributed by atoms with Crippen LogP contribution in [0, 0.1) is 0 Å². The van der Waals surface area contributed by atoms with E-state index in [4.69, 9.17) is 4.74 Å². The normalized spacial score (nSPS) is 12.6. The van der Waals surface area contributed by atoms with E-state index in [2.05, 4.69) is 31.3 Å². The molecule has 0 aliphatic rings. The number of hydrogen-bond donors (Lipinski definition) is 3. The monoisotopic (exact) mass is 1110 g/mol. The van der Waals surface area contributed by atoms with Crippen molar-refractivity contribution in [2.75, 3.05) is 13.2 Å². The molecule has 2 atom stereocenters. The second kappa shape index (κ2) is 68.8. The minimum atomic E-state index is -0.842. The Morgan fingerprint density at radius 1 is 0.342 bits per heavy atom. The SMILES string of the molecule is CCCCCCCCCCCCCCC/C=C/C(O)C(CO)NC(=O)CCCCCCCCCCCCCCCCCCC/C=C\CCCCCCCCCCCCCCOC(=O)CCCCCCCCCCCCCCCC. The molecule has 0 aromatic rings. The van der Waals surface area contributed by atoms with E-state index in [0.29, 0.717) is 19.4 Å². The summed E-state index contributed by atoms with van der Waals surface area (Å²) in [6, 6.07) is -0.625. The minimum Gasteiger partial charge on any atom is -0.466 e. The van der Waals surface area contributed by atoms with Gasteiger partial charge in [-0.25, -0.2) is 0 Å². The van der Waals surface area contributed by atoms with Crippen LogP contribution in [0.2, 0.25) is 0 Å². The van der Waals surface area contributed by atoms with Crippen molar-refractivity contribution >= 4 is 11.9 Å². The molecule has 0 aromatic heterocycles. The molecule has 0 aliphatic carbocycles. The van der Waals surface area contributed by atoms with Crippen molar-refractivity contribution in [3.8, 4) is 0 Å². The first-order valence-electron chi connectivity index (χ1n) is 36.1. The van der Waals surface area contributed by atoms with E-state index >= 15 is 0 Å². The van der Waals surface area contributed by atoms with Gasteiger partial charge < -0.3 is 20.3 Å². The smallest absolute Gasteiger partial charge is 0.305 e. The molecule has 0 radical (unpaired) electrons. The van der Waals surface area contributed by atoms with Gasteiger partial charge >= 0.3 is 5.97 Å². The van der Waals surface area contributed by atoms with E-state index < -0.39 is 12.1 Å². The van der Waals surface area contributed by atoms with E-state index in [1.54, 1.807) is 6.08 Å². The van der Waals surface area contributed by atoms with Gasteiger partial charge in [0.25, 0.3) is 0 Å². The van der Waals surface area contributed by atoms with Crippen LogP contribution in [0.25, 0.3) is 0 Å². The molecule has 0 saturated heterocycles. The summed E-state index contributed by atoms with van der Waals surface area (Å²) in [5.41, 5.74) is 0. The fourth-order valence-corrected chi connectivity index (χ4v) is 11.5. The molecule has 0 aliphatic heterocycles. The highest BCUT2D eigenvalue weighted by molar-refractivity contribution is 5.76. The molecule has 0 saturated carbocycles. The molecule has 6 heteroatoms. The Kier molecular flexibility index (Phi) is 67.4. The molecular weight excluding hydrogens is 971 g/mol. The number of carbonyl (C=O) groups is 2. The van der Waals surface area contributed by atoms with Crippen molar-refractivity contribution in [2.45, 2.75) is 418 Å². The molecule has 6 nitrogen and oxygen atoms in total. The highest BCUT2D eigenvalue weighted by atomic mass is 16.5. The molecule has 0 fully saturated rings. The largest absolute Gasteiger partial charge is 0.466 e. The van der Waals surface area contributed by atoms with Gasteiger partial charge in [0.2, 0.25) is 5.91 Å². The maximum absolute atomic E-state index is 12.5. The predicted octanol–water partition coefficient (Wildman–Crippen LogP) is 23.3. The summed E-state index contributed by atoms with van der Waals surface area (Å²) in [7, 11) is 0. The summed E-state index contributed by atoms with van der Waals surface area (Å²) in [6.45, 7) is 4.94. The van der Waals surface area contributed by atoms with Crippen LogP contribution in [0.4, 0.5) is 0 Å². The number of amides is 1. The molecule has 1 amide bonds. The van der Waals surface area contributed by atoms with Gasteiger partial charge in [0, 0.05) is 12.8 Å². The van der Waals surface area contributed by atoms with Gasteiger partial charge in [0.15, 0.2) is 0 Å². The summed E-state index contributed by atoms with van der Waals surface area (Å²) in [6.07, 6.45) is 87.0. The van der Waals surface area contributed by atoms with Crippen molar-refractivity contribution < 1.29 is 24.5 Å². The summed E-state index contributed by atoms with van der Waals surface area (Å²) >= 11 is 0. The Morgan fingerprint density at radius 2 is 0.595 bits per heavy atom. The van der Waals surface area contributed by atoms with E-state index in [-0.39, 0.29) is 18.5 Å². The summed E-state index contributed by atoms with van der Waals surface area (Å²) < 4.78 is 5.50. The average Bonchev–Trinajstić information content (AvgIpc) is 3.45. The zero-order valence-electron chi connectivity index (χ0n) is 53.6. The standard InChI is InChI=1S/C73H141NO5/c1-3-5-7-9-11-13-15-17-38-41-45-49-53-57-61-65-71(76)70(69-75)74-72(77)66-62-58-54-50-46-42-39-36-34-32-30-28-26-24-22-20-19-21-23-25-27-29-31-33-35-37-40-44-48-52-56-60-64-68-79-73(78)67-63-59-55-51-47-43-18-16-14-12-10-8-6-4-2/h23,25,61,65,70-71,75-76H,3-22,24,26-60,62-64,66-69H2,1-2H3,(H,74,77)/b25-23-,65-61+. The first-order valence-corrected chi connectivity index (χ1v) is 36.1. The van der Waals surface area contributed by atoms with Gasteiger partial charge in [0.05, 0.1) is 25.4 Å². The number of rotatable bonds is 68. The van der Waals surface area contributed by atoms with Crippen molar-refractivity contribution in [1.29, 1.82) is 0 Å². The number of esters is 1. The lowest BCUT2D eigenvalue weighted by atomic mass is 10.0. The minimum absolute atomic E-state index is 0.0213. The van der Waals surface area contributed by atoms with E-state index in [0.717, 1.165) is 38.5 Å². The van der Waals surface area contributed by atoms with Crippen LogP contribution in [0.5, 0.6) is 0 Å². The molecule has 0 rings (SSSR count). The number of aliphatic hydroxyl groups excluding tert-OH is 2. The van der Waals surface area contributed by atoms with Crippen LogP contribution >= 0.6 is 0 Å². The van der Waals surface area contributed by atoms with Gasteiger partial charge in [-0.2, -0.15) is 0 Å². The topological polar surface area (TPSA) is 95.9 Å². The van der Waals surface area contributed by atoms with Gasteiger partial charge in [-0.1, -0.05) is 359 Å². The van der Waals surface area contributed by atoms with Crippen molar-refractivity contribution in [3.05, 3.63) is 24.3 Å². The zero-order valence-corrected chi connectivity index (χ0v) is 53.6. The Hall–Kier alpha value is -1.66. The number of unbranched alkanes of at least 4 members (excludes halogenated alkanes) is 55. The number of allylic oxidation sites excluding steroid dienone is 3. The second-order valence-corrected chi connectivity index (χ2v) is 24.9. The number of hydrogen-bond acceptors (Lipinski definition) is 5. The molecule has 79 heavy (non-hydrogen) atoms. The van der Waals surface area contributed by atoms with Gasteiger partial charge in [0.1, 0.15) is 0 Å². The average molecular weight is 1110 g/mol. The quantitative estimate of drug-likeness (QED) is 0.0320. The number of aliphatic hydroxyl groups is 2. The molecule has 0 spiro atoms. The van der Waals surface area contributed by atoms with Crippen molar-refractivity contribution in [1.82, 2.24) is 5.32 Å². The van der Waals surface area contributed by atoms with Gasteiger partial charge in [-0.3, -0.25) is 9.59 Å². The van der Waals surface area contributed by atoms with Crippen LogP contribution < -0.4 is 5.32 Å². The maximum Gasteiger partial charge on any atom is 0.305 e. The Morgan fingerprint density at radius 3 is 0.899 bits per heavy atom. The molecule has 468 valence electrons. The number of carbonyl (C=O) groups excluding carboxylic acids is 2. The predicted molar refractivity (Wildman–Crippen MR) is 347 cm³/mol. The molecular formula is C73H141NO5. The third-order valence-corrected chi connectivity index (χ3v) is 17.0. The summed E-state index contributed by atoms with van der Waals surface area (Å²) in [4.78, 5) is 24.6. The highest BCUT2D eigenvalue weighted by Gasteiger charge is 2.18. The molecule has 3 N–H and O–H groups in total. The lowest BCUT2D eigenvalue weighted by Gasteiger charge is -2.20. The van der Waals surface area contributed by atoms with Gasteiger partial charge in [-0.15, -0.1) is 0 Å². The fraction of sp³-hybridized carbons (Fsp3) is 0.918.